The van der Waals surface area contributed by atoms with Gasteiger partial charge in [-0.25, -0.2) is 0 Å². The van der Waals surface area contributed by atoms with E-state index in [4.69, 9.17) is 4.52 Å². The Labute approximate surface area is 152 Å². The molecule has 2 aliphatic rings. The van der Waals surface area contributed by atoms with Crippen LogP contribution >= 0.6 is 0 Å². The number of benzene rings is 1. The lowest BCUT2D eigenvalue weighted by Gasteiger charge is -2.43. The number of carbonyl (C=O) groups excluding carboxylic acids is 2. The summed E-state index contributed by atoms with van der Waals surface area (Å²) >= 11 is 0. The Morgan fingerprint density at radius 2 is 1.85 bits per heavy atom. The molecular weight excluding hydrogens is 330 g/mol. The average molecular weight is 353 g/mol. The summed E-state index contributed by atoms with van der Waals surface area (Å²) in [5.74, 6) is 0.404. The molecular formula is C20H23N3O3. The Kier molecular flexibility index (Phi) is 4.05. The lowest BCUT2D eigenvalue weighted by atomic mass is 9.85. The van der Waals surface area contributed by atoms with E-state index >= 15 is 0 Å². The van der Waals surface area contributed by atoms with Gasteiger partial charge < -0.3 is 14.3 Å². The summed E-state index contributed by atoms with van der Waals surface area (Å²) < 4.78 is 5.36. The largest absolute Gasteiger partial charge is 0.360 e. The van der Waals surface area contributed by atoms with Crippen LogP contribution in [0.25, 0.3) is 11.3 Å². The normalized spacial score (nSPS) is 23.1. The Hall–Kier alpha value is -2.63. The van der Waals surface area contributed by atoms with Gasteiger partial charge in [-0.15, -0.1) is 0 Å². The van der Waals surface area contributed by atoms with E-state index in [-0.39, 0.29) is 11.8 Å². The highest BCUT2D eigenvalue weighted by molar-refractivity contribution is 6.04. The van der Waals surface area contributed by atoms with Crippen LogP contribution < -0.4 is 0 Å². The summed E-state index contributed by atoms with van der Waals surface area (Å²) in [6.45, 7) is 3.10. The molecule has 1 aromatic carbocycles. The van der Waals surface area contributed by atoms with Gasteiger partial charge in [-0.2, -0.15) is 0 Å². The van der Waals surface area contributed by atoms with Gasteiger partial charge in [0, 0.05) is 25.7 Å². The Morgan fingerprint density at radius 3 is 2.58 bits per heavy atom. The molecule has 0 saturated carbocycles. The van der Waals surface area contributed by atoms with Crippen LogP contribution in [0.4, 0.5) is 0 Å². The molecule has 4 rings (SSSR count). The molecule has 2 amide bonds. The standard InChI is InChI=1S/C20H23N3O3/c1-14-16(17(21-26-14)15-8-4-3-5-9-15)18(24)23-13-7-11-20(23)10-6-12-22(2)19(20)25/h3-5,8-9H,6-7,10-13H2,1-2H3. The van der Waals surface area contributed by atoms with Crippen LogP contribution in [0.1, 0.15) is 41.8 Å². The number of aryl methyl sites for hydroxylation is 1. The van der Waals surface area contributed by atoms with Crippen molar-refractivity contribution >= 4 is 11.8 Å². The molecule has 2 aromatic rings. The molecule has 0 N–H and O–H groups in total. The second-order valence-corrected chi connectivity index (χ2v) is 7.25. The molecule has 1 unspecified atom stereocenters. The molecule has 3 heterocycles. The van der Waals surface area contributed by atoms with Crippen LogP contribution in [0.3, 0.4) is 0 Å². The van der Waals surface area contributed by atoms with E-state index < -0.39 is 5.54 Å². The third-order valence-corrected chi connectivity index (χ3v) is 5.69. The zero-order valence-corrected chi connectivity index (χ0v) is 15.2. The number of nitrogens with zero attached hydrogens (tertiary/aromatic N) is 3. The summed E-state index contributed by atoms with van der Waals surface area (Å²) in [6.07, 6.45) is 3.22. The highest BCUT2D eigenvalue weighted by Crippen LogP contribution is 2.40. The summed E-state index contributed by atoms with van der Waals surface area (Å²) in [5, 5.41) is 4.13. The smallest absolute Gasteiger partial charge is 0.260 e. The van der Waals surface area contributed by atoms with Crippen LogP contribution in [0.15, 0.2) is 34.9 Å². The zero-order chi connectivity index (χ0) is 18.3. The quantitative estimate of drug-likeness (QED) is 0.833. The minimum absolute atomic E-state index is 0.0602. The first-order valence-corrected chi connectivity index (χ1v) is 9.14. The lowest BCUT2D eigenvalue weighted by molar-refractivity contribution is -0.144. The summed E-state index contributed by atoms with van der Waals surface area (Å²) in [6, 6.07) is 9.56. The maximum absolute atomic E-state index is 13.5. The van der Waals surface area contributed by atoms with E-state index in [0.29, 0.717) is 23.6 Å². The second-order valence-electron chi connectivity index (χ2n) is 7.25. The van der Waals surface area contributed by atoms with Gasteiger partial charge in [0.05, 0.1) is 0 Å². The predicted octanol–water partition coefficient (Wildman–Crippen LogP) is 2.88. The minimum atomic E-state index is -0.707. The van der Waals surface area contributed by atoms with Gasteiger partial charge in [0.25, 0.3) is 5.91 Å². The highest BCUT2D eigenvalue weighted by atomic mass is 16.5. The number of carbonyl (C=O) groups is 2. The first-order valence-electron chi connectivity index (χ1n) is 9.14. The van der Waals surface area contributed by atoms with Crippen LogP contribution in [-0.4, -0.2) is 52.4 Å². The second kappa shape index (κ2) is 6.27. The molecule has 2 fully saturated rings. The lowest BCUT2D eigenvalue weighted by Crippen LogP contribution is -2.60. The summed E-state index contributed by atoms with van der Waals surface area (Å²) in [4.78, 5) is 30.0. The first kappa shape index (κ1) is 16.8. The number of hydrogen-bond donors (Lipinski definition) is 0. The van der Waals surface area contributed by atoms with Crippen molar-refractivity contribution in [3.05, 3.63) is 41.7 Å². The topological polar surface area (TPSA) is 66.7 Å². The van der Waals surface area contributed by atoms with E-state index in [9.17, 15) is 9.59 Å². The van der Waals surface area contributed by atoms with Gasteiger partial charge in [-0.3, -0.25) is 9.59 Å². The number of piperidine rings is 1. The van der Waals surface area contributed by atoms with E-state index in [1.54, 1.807) is 16.7 Å². The number of likely N-dealkylation sites (N-methyl/N-ethyl adjacent to an activating group) is 1. The maximum atomic E-state index is 13.5. The Balaban J connectivity index is 1.75. The van der Waals surface area contributed by atoms with Gasteiger partial charge in [-0.1, -0.05) is 35.5 Å². The monoisotopic (exact) mass is 353 g/mol. The third kappa shape index (κ3) is 2.43. The van der Waals surface area contributed by atoms with Crippen molar-refractivity contribution in [3.8, 4) is 11.3 Å². The van der Waals surface area contributed by atoms with Crippen molar-refractivity contribution in [2.45, 2.75) is 38.1 Å². The molecule has 6 heteroatoms. The molecule has 0 bridgehead atoms. The number of amides is 2. The van der Waals surface area contributed by atoms with Crippen molar-refractivity contribution in [3.63, 3.8) is 0 Å². The van der Waals surface area contributed by atoms with Crippen molar-refractivity contribution in [1.82, 2.24) is 15.0 Å². The van der Waals surface area contributed by atoms with Crippen molar-refractivity contribution in [1.29, 1.82) is 0 Å². The molecule has 1 aromatic heterocycles. The fraction of sp³-hybridized carbons (Fsp3) is 0.450. The Bertz CT molecular complexity index is 845. The minimum Gasteiger partial charge on any atom is -0.360 e. The molecule has 0 radical (unpaired) electrons. The van der Waals surface area contributed by atoms with Gasteiger partial charge >= 0.3 is 0 Å². The fourth-order valence-corrected chi connectivity index (χ4v) is 4.38. The van der Waals surface area contributed by atoms with Crippen LogP contribution in [0.5, 0.6) is 0 Å². The summed E-state index contributed by atoms with van der Waals surface area (Å²) in [7, 11) is 1.82. The van der Waals surface area contributed by atoms with E-state index in [1.807, 2.05) is 37.4 Å². The molecule has 136 valence electrons. The Morgan fingerprint density at radius 1 is 1.15 bits per heavy atom. The molecule has 2 saturated heterocycles. The van der Waals surface area contributed by atoms with Gasteiger partial charge in [0.2, 0.25) is 5.91 Å². The predicted molar refractivity (Wildman–Crippen MR) is 96.5 cm³/mol. The number of likely N-dealkylation sites (tertiary alicyclic amines) is 2. The number of hydrogen-bond acceptors (Lipinski definition) is 4. The molecule has 1 spiro atoms. The van der Waals surface area contributed by atoms with Crippen molar-refractivity contribution in [2.75, 3.05) is 20.1 Å². The van der Waals surface area contributed by atoms with E-state index in [1.165, 1.54) is 0 Å². The molecule has 1 atom stereocenters. The zero-order valence-electron chi connectivity index (χ0n) is 15.2. The molecule has 2 aliphatic heterocycles. The maximum Gasteiger partial charge on any atom is 0.260 e. The highest BCUT2D eigenvalue weighted by Gasteiger charge is 2.52. The van der Waals surface area contributed by atoms with Gasteiger partial charge in [-0.05, 0) is 32.6 Å². The van der Waals surface area contributed by atoms with Crippen LogP contribution in [0.2, 0.25) is 0 Å². The number of rotatable bonds is 2. The van der Waals surface area contributed by atoms with E-state index in [0.717, 1.165) is 37.8 Å². The van der Waals surface area contributed by atoms with Gasteiger partial charge in [0.15, 0.2) is 0 Å². The van der Waals surface area contributed by atoms with E-state index in [2.05, 4.69) is 5.16 Å². The first-order chi connectivity index (χ1) is 12.5. The molecule has 0 aliphatic carbocycles. The molecule has 6 nitrogen and oxygen atoms in total. The average Bonchev–Trinajstić information content (AvgIpc) is 3.24. The molecule has 26 heavy (non-hydrogen) atoms. The fourth-order valence-electron chi connectivity index (χ4n) is 4.38. The van der Waals surface area contributed by atoms with Gasteiger partial charge in [0.1, 0.15) is 22.6 Å². The SMILES string of the molecule is Cc1onc(-c2ccccc2)c1C(=O)N1CCCC12CCCN(C)C2=O. The van der Waals surface area contributed by atoms with Crippen molar-refractivity contribution < 1.29 is 14.1 Å². The van der Waals surface area contributed by atoms with Crippen LogP contribution in [0, 0.1) is 6.92 Å². The van der Waals surface area contributed by atoms with Crippen molar-refractivity contribution in [2.24, 2.45) is 0 Å². The van der Waals surface area contributed by atoms with Crippen LogP contribution in [-0.2, 0) is 4.79 Å². The number of aromatic nitrogens is 1. The third-order valence-electron chi connectivity index (χ3n) is 5.69. The summed E-state index contributed by atoms with van der Waals surface area (Å²) in [5.41, 5.74) is 1.15.